The van der Waals surface area contributed by atoms with Crippen LogP contribution in [0.4, 0.5) is 10.1 Å². The van der Waals surface area contributed by atoms with Gasteiger partial charge in [-0.05, 0) is 66.9 Å². The summed E-state index contributed by atoms with van der Waals surface area (Å²) in [5, 5.41) is 3.26. The Morgan fingerprint density at radius 1 is 0.870 bits per heavy atom. The maximum Gasteiger partial charge on any atom is 0.264 e. The Morgan fingerprint density at radius 3 is 2.17 bits per heavy atom. The van der Waals surface area contributed by atoms with Crippen molar-refractivity contribution in [2.75, 3.05) is 17.4 Å². The SMILES string of the molecule is CCCCNC(=O)[C@@H](Cc1ccccc1)N(Cc1ccc(F)cc1)C(=O)CN(c1ccc(Cl)c(Cl)c1)S(=O)(=O)c1ccc(C)cc1. The molecule has 0 aliphatic heterocycles. The van der Waals surface area contributed by atoms with Crippen molar-refractivity contribution in [1.29, 1.82) is 0 Å². The summed E-state index contributed by atoms with van der Waals surface area (Å²) in [6.45, 7) is 3.53. The van der Waals surface area contributed by atoms with Crippen LogP contribution >= 0.6 is 23.2 Å². The van der Waals surface area contributed by atoms with E-state index < -0.39 is 34.3 Å². The summed E-state index contributed by atoms with van der Waals surface area (Å²) in [5.41, 5.74) is 2.36. The van der Waals surface area contributed by atoms with Crippen molar-refractivity contribution in [3.05, 3.63) is 130 Å². The summed E-state index contributed by atoms with van der Waals surface area (Å²) < 4.78 is 43.0. The fourth-order valence-electron chi connectivity index (χ4n) is 4.85. The summed E-state index contributed by atoms with van der Waals surface area (Å²) >= 11 is 12.5. The molecule has 0 unspecified atom stereocenters. The average Bonchev–Trinajstić information content (AvgIpc) is 3.04. The predicted octanol–water partition coefficient (Wildman–Crippen LogP) is 7.19. The molecule has 0 fully saturated rings. The van der Waals surface area contributed by atoms with E-state index in [1.165, 1.54) is 59.5 Å². The zero-order valence-corrected chi connectivity index (χ0v) is 28.0. The van der Waals surface area contributed by atoms with Crippen LogP contribution in [0.15, 0.2) is 102 Å². The van der Waals surface area contributed by atoms with Crippen LogP contribution in [-0.4, -0.2) is 44.3 Å². The van der Waals surface area contributed by atoms with E-state index in [2.05, 4.69) is 5.32 Å². The lowest BCUT2D eigenvalue weighted by atomic mass is 10.0. The summed E-state index contributed by atoms with van der Waals surface area (Å²) in [6, 6.07) is 24.4. The quantitative estimate of drug-likeness (QED) is 0.143. The number of hydrogen-bond acceptors (Lipinski definition) is 4. The summed E-state index contributed by atoms with van der Waals surface area (Å²) in [4.78, 5) is 29.6. The molecule has 0 aliphatic carbocycles. The van der Waals surface area contributed by atoms with E-state index >= 15 is 0 Å². The average molecular weight is 685 g/mol. The monoisotopic (exact) mass is 683 g/mol. The van der Waals surface area contributed by atoms with E-state index in [1.807, 2.05) is 44.2 Å². The van der Waals surface area contributed by atoms with E-state index in [-0.39, 0.29) is 39.5 Å². The number of benzene rings is 4. The molecular weight excluding hydrogens is 648 g/mol. The van der Waals surface area contributed by atoms with Gasteiger partial charge < -0.3 is 10.2 Å². The second-order valence-electron chi connectivity index (χ2n) is 10.9. The van der Waals surface area contributed by atoms with Gasteiger partial charge in [-0.2, -0.15) is 0 Å². The van der Waals surface area contributed by atoms with Crippen LogP contribution in [0.2, 0.25) is 10.0 Å². The van der Waals surface area contributed by atoms with Crippen LogP contribution in [0.3, 0.4) is 0 Å². The number of aryl methyl sites for hydroxylation is 1. The van der Waals surface area contributed by atoms with Crippen molar-refractivity contribution in [2.24, 2.45) is 0 Å². The van der Waals surface area contributed by atoms with Gasteiger partial charge in [0.05, 0.1) is 20.6 Å². The number of amides is 2. The van der Waals surface area contributed by atoms with Gasteiger partial charge in [0.25, 0.3) is 10.0 Å². The first kappa shape index (κ1) is 34.9. The highest BCUT2D eigenvalue weighted by Gasteiger charge is 2.34. The number of rotatable bonds is 14. The highest BCUT2D eigenvalue weighted by atomic mass is 35.5. The van der Waals surface area contributed by atoms with Gasteiger partial charge in [-0.1, -0.05) is 96.7 Å². The van der Waals surface area contributed by atoms with E-state index in [0.717, 1.165) is 28.3 Å². The molecule has 7 nitrogen and oxygen atoms in total. The maximum absolute atomic E-state index is 14.5. The van der Waals surface area contributed by atoms with E-state index in [0.29, 0.717) is 12.1 Å². The molecule has 0 aromatic heterocycles. The Hall–Kier alpha value is -3.92. The van der Waals surface area contributed by atoms with Gasteiger partial charge in [-0.25, -0.2) is 12.8 Å². The molecule has 2 amide bonds. The van der Waals surface area contributed by atoms with E-state index in [4.69, 9.17) is 23.2 Å². The topological polar surface area (TPSA) is 86.8 Å². The highest BCUT2D eigenvalue weighted by Crippen LogP contribution is 2.31. The molecule has 0 saturated heterocycles. The van der Waals surface area contributed by atoms with Crippen LogP contribution in [0.25, 0.3) is 0 Å². The predicted molar refractivity (Wildman–Crippen MR) is 181 cm³/mol. The molecule has 1 N–H and O–H groups in total. The Labute approximate surface area is 280 Å². The molecule has 11 heteroatoms. The largest absolute Gasteiger partial charge is 0.354 e. The van der Waals surface area contributed by atoms with E-state index in [1.54, 1.807) is 12.1 Å². The maximum atomic E-state index is 14.5. The molecule has 46 heavy (non-hydrogen) atoms. The van der Waals surface area contributed by atoms with Gasteiger partial charge in [-0.3, -0.25) is 13.9 Å². The summed E-state index contributed by atoms with van der Waals surface area (Å²) in [6.07, 6.45) is 1.77. The Bertz CT molecular complexity index is 1740. The number of nitrogens with zero attached hydrogens (tertiary/aromatic N) is 2. The number of sulfonamides is 1. The third-order valence-electron chi connectivity index (χ3n) is 7.45. The van der Waals surface area contributed by atoms with Crippen molar-refractivity contribution in [3.63, 3.8) is 0 Å². The van der Waals surface area contributed by atoms with Crippen LogP contribution in [0.1, 0.15) is 36.5 Å². The van der Waals surface area contributed by atoms with Gasteiger partial charge in [0.2, 0.25) is 11.8 Å². The van der Waals surface area contributed by atoms with Crippen LogP contribution < -0.4 is 9.62 Å². The van der Waals surface area contributed by atoms with Gasteiger partial charge in [-0.15, -0.1) is 0 Å². The fraction of sp³-hybridized carbons (Fsp3) is 0.257. The summed E-state index contributed by atoms with van der Waals surface area (Å²) in [5.74, 6) is -1.47. The summed E-state index contributed by atoms with van der Waals surface area (Å²) in [7, 11) is -4.30. The lowest BCUT2D eigenvalue weighted by Crippen LogP contribution is -2.53. The van der Waals surface area contributed by atoms with Crippen molar-refractivity contribution in [3.8, 4) is 0 Å². The molecule has 0 bridgehead atoms. The molecule has 0 aliphatic rings. The van der Waals surface area contributed by atoms with Crippen molar-refractivity contribution in [1.82, 2.24) is 10.2 Å². The third kappa shape index (κ3) is 9.09. The number of anilines is 1. The lowest BCUT2D eigenvalue weighted by Gasteiger charge is -2.34. The molecular formula is C35H36Cl2FN3O4S. The minimum Gasteiger partial charge on any atom is -0.354 e. The zero-order valence-electron chi connectivity index (χ0n) is 25.6. The number of carbonyl (C=O) groups is 2. The number of nitrogens with one attached hydrogen (secondary N) is 1. The zero-order chi connectivity index (χ0) is 33.3. The van der Waals surface area contributed by atoms with Gasteiger partial charge >= 0.3 is 0 Å². The molecule has 4 rings (SSSR count). The number of unbranched alkanes of at least 4 members (excludes halogenated alkanes) is 1. The molecule has 4 aromatic rings. The second-order valence-corrected chi connectivity index (χ2v) is 13.6. The molecule has 0 spiro atoms. The normalized spacial score (nSPS) is 11.9. The molecule has 0 heterocycles. The molecule has 4 aromatic carbocycles. The fourth-order valence-corrected chi connectivity index (χ4v) is 6.55. The third-order valence-corrected chi connectivity index (χ3v) is 9.97. The highest BCUT2D eigenvalue weighted by molar-refractivity contribution is 7.92. The van der Waals surface area contributed by atoms with Gasteiger partial charge in [0, 0.05) is 19.5 Å². The second kappa shape index (κ2) is 16.1. The molecule has 0 saturated carbocycles. The van der Waals surface area contributed by atoms with Crippen molar-refractivity contribution in [2.45, 2.75) is 50.6 Å². The smallest absolute Gasteiger partial charge is 0.264 e. The first-order chi connectivity index (χ1) is 22.0. The van der Waals surface area contributed by atoms with Gasteiger partial charge in [0.1, 0.15) is 18.4 Å². The Balaban J connectivity index is 1.80. The Morgan fingerprint density at radius 2 is 1.54 bits per heavy atom. The Kier molecular flexibility index (Phi) is 12.2. The van der Waals surface area contributed by atoms with Crippen molar-refractivity contribution >= 4 is 50.7 Å². The first-order valence-corrected chi connectivity index (χ1v) is 17.1. The first-order valence-electron chi connectivity index (χ1n) is 14.9. The molecule has 242 valence electrons. The van der Waals surface area contributed by atoms with Gasteiger partial charge in [0.15, 0.2) is 0 Å². The van der Waals surface area contributed by atoms with Crippen LogP contribution in [0, 0.1) is 12.7 Å². The number of hydrogen-bond donors (Lipinski definition) is 1. The number of carbonyl (C=O) groups excluding carboxylic acids is 2. The van der Waals surface area contributed by atoms with Crippen LogP contribution in [-0.2, 0) is 32.6 Å². The standard InChI is InChI=1S/C35H36Cl2FN3O4S/c1-3-4-20-39-35(43)33(21-26-8-6-5-7-9-26)40(23-27-12-14-28(38)15-13-27)34(42)24-41(29-16-19-31(36)32(37)22-29)46(44,45)30-17-10-25(2)11-18-30/h5-19,22,33H,3-4,20-21,23-24H2,1-2H3,(H,39,43)/t33-/m1/s1. The molecule has 1 atom stereocenters. The number of halogens is 3. The minimum atomic E-state index is -4.30. The van der Waals surface area contributed by atoms with E-state index in [9.17, 15) is 22.4 Å². The van der Waals surface area contributed by atoms with Crippen molar-refractivity contribution < 1.29 is 22.4 Å². The van der Waals surface area contributed by atoms with Crippen LogP contribution in [0.5, 0.6) is 0 Å². The minimum absolute atomic E-state index is 0.0276. The lowest BCUT2D eigenvalue weighted by molar-refractivity contribution is -0.140. The molecule has 0 radical (unpaired) electrons.